The molecule has 0 aliphatic rings. The Bertz CT molecular complexity index is 258. The normalized spacial score (nSPS) is 11.7. The van der Waals surface area contributed by atoms with E-state index < -0.39 is 11.7 Å². The molecule has 0 saturated carbocycles. The van der Waals surface area contributed by atoms with E-state index in [1.165, 1.54) is 12.1 Å². The van der Waals surface area contributed by atoms with Gasteiger partial charge < -0.3 is 0 Å². The molecule has 0 atom stereocenters. The second kappa shape index (κ2) is 3.81. The number of benzene rings is 1. The van der Waals surface area contributed by atoms with Crippen LogP contribution >= 0.6 is 0 Å². The standard InChI is InChI=1S/C10H10F3/c1-2-3-8-4-6-9(7-5-8)10(11,12)13/h3-7H,2H2,1H3. The monoisotopic (exact) mass is 187 g/mol. The first-order chi connectivity index (χ1) is 6.04. The molecule has 0 fully saturated rings. The van der Waals surface area contributed by atoms with Crippen LogP contribution in [0.15, 0.2) is 24.3 Å². The summed E-state index contributed by atoms with van der Waals surface area (Å²) >= 11 is 0. The maximum absolute atomic E-state index is 12.1. The highest BCUT2D eigenvalue weighted by atomic mass is 19.4. The summed E-state index contributed by atoms with van der Waals surface area (Å²) in [6, 6.07) is 5.15. The zero-order chi connectivity index (χ0) is 9.90. The summed E-state index contributed by atoms with van der Waals surface area (Å²) in [6.07, 6.45) is -1.53. The van der Waals surface area contributed by atoms with Crippen molar-refractivity contribution >= 4 is 0 Å². The first-order valence-electron chi connectivity index (χ1n) is 4.04. The average Bonchev–Trinajstić information content (AvgIpc) is 2.04. The first-order valence-corrected chi connectivity index (χ1v) is 4.04. The number of rotatable bonds is 2. The third-order valence-electron chi connectivity index (χ3n) is 1.68. The lowest BCUT2D eigenvalue weighted by Crippen LogP contribution is -2.04. The van der Waals surface area contributed by atoms with E-state index in [1.807, 2.05) is 13.3 Å². The summed E-state index contributed by atoms with van der Waals surface area (Å²) in [4.78, 5) is 0. The fraction of sp³-hybridized carbons (Fsp3) is 0.300. The van der Waals surface area contributed by atoms with Crippen molar-refractivity contribution < 1.29 is 13.2 Å². The van der Waals surface area contributed by atoms with Crippen LogP contribution in [0.1, 0.15) is 24.5 Å². The fourth-order valence-corrected chi connectivity index (χ4v) is 1.04. The predicted molar refractivity (Wildman–Crippen MR) is 45.1 cm³/mol. The molecule has 0 aliphatic heterocycles. The van der Waals surface area contributed by atoms with E-state index in [4.69, 9.17) is 0 Å². The molecule has 1 radical (unpaired) electrons. The fourth-order valence-electron chi connectivity index (χ4n) is 1.04. The average molecular weight is 187 g/mol. The Kier molecular flexibility index (Phi) is 2.96. The zero-order valence-electron chi connectivity index (χ0n) is 7.23. The van der Waals surface area contributed by atoms with Gasteiger partial charge in [0.25, 0.3) is 0 Å². The van der Waals surface area contributed by atoms with E-state index in [0.29, 0.717) is 0 Å². The Hall–Kier alpha value is -0.990. The van der Waals surface area contributed by atoms with Crippen molar-refractivity contribution in [2.45, 2.75) is 19.5 Å². The molecule has 0 aromatic heterocycles. The Morgan fingerprint density at radius 3 is 2.08 bits per heavy atom. The molecule has 0 heterocycles. The molecule has 0 aliphatic carbocycles. The maximum atomic E-state index is 12.1. The first kappa shape index (κ1) is 10.1. The minimum Gasteiger partial charge on any atom is -0.166 e. The molecule has 0 unspecified atom stereocenters. The van der Waals surface area contributed by atoms with Crippen LogP contribution in [0.25, 0.3) is 0 Å². The lowest BCUT2D eigenvalue weighted by molar-refractivity contribution is -0.137. The summed E-state index contributed by atoms with van der Waals surface area (Å²) < 4.78 is 36.3. The summed E-state index contributed by atoms with van der Waals surface area (Å²) in [5.41, 5.74) is 0.233. The molecule has 0 nitrogen and oxygen atoms in total. The lowest BCUT2D eigenvalue weighted by Gasteiger charge is -2.06. The second-order valence-corrected chi connectivity index (χ2v) is 2.73. The molecule has 71 valence electrons. The van der Waals surface area contributed by atoms with Crippen LogP contribution in [0.3, 0.4) is 0 Å². The van der Waals surface area contributed by atoms with Crippen LogP contribution in [0, 0.1) is 6.42 Å². The highest BCUT2D eigenvalue weighted by molar-refractivity contribution is 5.28. The minimum atomic E-state index is -4.23. The highest BCUT2D eigenvalue weighted by Crippen LogP contribution is 2.29. The summed E-state index contributed by atoms with van der Waals surface area (Å²) in [5, 5.41) is 0. The quantitative estimate of drug-likeness (QED) is 0.662. The van der Waals surface area contributed by atoms with Gasteiger partial charge in [-0.3, -0.25) is 0 Å². The van der Waals surface area contributed by atoms with Crippen molar-refractivity contribution in [1.82, 2.24) is 0 Å². The molecule has 3 heteroatoms. The molecule has 1 aromatic rings. The van der Waals surface area contributed by atoms with E-state index >= 15 is 0 Å². The zero-order valence-corrected chi connectivity index (χ0v) is 7.23. The largest absolute Gasteiger partial charge is 0.416 e. The van der Waals surface area contributed by atoms with Gasteiger partial charge in [0.05, 0.1) is 5.56 Å². The van der Waals surface area contributed by atoms with Gasteiger partial charge in [0, 0.05) is 0 Å². The molecule has 0 N–H and O–H groups in total. The number of alkyl halides is 3. The van der Waals surface area contributed by atoms with Gasteiger partial charge in [-0.05, 0) is 30.5 Å². The van der Waals surface area contributed by atoms with Gasteiger partial charge in [-0.25, -0.2) is 0 Å². The van der Waals surface area contributed by atoms with Crippen molar-refractivity contribution in [2.75, 3.05) is 0 Å². The highest BCUT2D eigenvalue weighted by Gasteiger charge is 2.29. The van der Waals surface area contributed by atoms with Gasteiger partial charge in [-0.15, -0.1) is 0 Å². The molecular weight excluding hydrogens is 177 g/mol. The van der Waals surface area contributed by atoms with E-state index in [1.54, 1.807) is 0 Å². The van der Waals surface area contributed by atoms with Crippen molar-refractivity contribution in [3.63, 3.8) is 0 Å². The Morgan fingerprint density at radius 1 is 1.15 bits per heavy atom. The summed E-state index contributed by atoms with van der Waals surface area (Å²) in [6.45, 7) is 1.94. The molecule has 13 heavy (non-hydrogen) atoms. The third-order valence-corrected chi connectivity index (χ3v) is 1.68. The van der Waals surface area contributed by atoms with Crippen LogP contribution in [0.4, 0.5) is 13.2 Å². The topological polar surface area (TPSA) is 0 Å². The van der Waals surface area contributed by atoms with Crippen LogP contribution in [0.2, 0.25) is 0 Å². The van der Waals surface area contributed by atoms with Crippen molar-refractivity contribution in [3.05, 3.63) is 41.8 Å². The van der Waals surface area contributed by atoms with Gasteiger partial charge in [-0.2, -0.15) is 13.2 Å². The van der Waals surface area contributed by atoms with Crippen LogP contribution in [-0.2, 0) is 6.18 Å². The van der Waals surface area contributed by atoms with Crippen LogP contribution in [0.5, 0.6) is 0 Å². The lowest BCUT2D eigenvalue weighted by atomic mass is 10.1. The molecule has 0 bridgehead atoms. The van der Waals surface area contributed by atoms with E-state index in [0.717, 1.165) is 24.1 Å². The van der Waals surface area contributed by atoms with Crippen molar-refractivity contribution in [2.24, 2.45) is 0 Å². The minimum absolute atomic E-state index is 0.597. The Morgan fingerprint density at radius 2 is 1.69 bits per heavy atom. The van der Waals surface area contributed by atoms with Gasteiger partial charge in [-0.1, -0.05) is 19.1 Å². The van der Waals surface area contributed by atoms with Crippen molar-refractivity contribution in [1.29, 1.82) is 0 Å². The van der Waals surface area contributed by atoms with E-state index in [-0.39, 0.29) is 0 Å². The Balaban J connectivity index is 2.81. The van der Waals surface area contributed by atoms with Crippen LogP contribution < -0.4 is 0 Å². The van der Waals surface area contributed by atoms with Gasteiger partial charge in [0.2, 0.25) is 0 Å². The molecule has 1 aromatic carbocycles. The van der Waals surface area contributed by atoms with Crippen LogP contribution in [-0.4, -0.2) is 0 Å². The smallest absolute Gasteiger partial charge is 0.166 e. The summed E-state index contributed by atoms with van der Waals surface area (Å²) in [5.74, 6) is 0. The maximum Gasteiger partial charge on any atom is 0.416 e. The predicted octanol–water partition coefficient (Wildman–Crippen LogP) is 3.67. The molecular formula is C10H10F3. The van der Waals surface area contributed by atoms with E-state index in [2.05, 4.69) is 0 Å². The third kappa shape index (κ3) is 2.76. The van der Waals surface area contributed by atoms with Gasteiger partial charge >= 0.3 is 6.18 Å². The molecule has 0 saturated heterocycles. The number of halogens is 3. The molecule has 0 amide bonds. The molecule has 1 rings (SSSR count). The summed E-state index contributed by atoms with van der Waals surface area (Å²) in [7, 11) is 0. The van der Waals surface area contributed by atoms with Gasteiger partial charge in [0.1, 0.15) is 0 Å². The molecule has 0 spiro atoms. The van der Waals surface area contributed by atoms with Gasteiger partial charge in [0.15, 0.2) is 0 Å². The number of hydrogen-bond acceptors (Lipinski definition) is 0. The van der Waals surface area contributed by atoms with E-state index in [9.17, 15) is 13.2 Å². The SMILES string of the molecule is CC[CH]c1ccc(C(F)(F)F)cc1. The second-order valence-electron chi connectivity index (χ2n) is 2.73. The van der Waals surface area contributed by atoms with Crippen molar-refractivity contribution in [3.8, 4) is 0 Å². The number of hydrogen-bond donors (Lipinski definition) is 0. The Labute approximate surface area is 75.4 Å².